The molecule has 20 heavy (non-hydrogen) atoms. The van der Waals surface area contributed by atoms with Gasteiger partial charge in [0.05, 0.1) is 6.04 Å². The maximum atomic E-state index is 12.2. The Morgan fingerprint density at radius 2 is 1.90 bits per heavy atom. The third kappa shape index (κ3) is 3.97. The van der Waals surface area contributed by atoms with Gasteiger partial charge < -0.3 is 11.1 Å². The molecule has 1 saturated carbocycles. The molecule has 1 fully saturated rings. The quantitative estimate of drug-likeness (QED) is 0.782. The smallest absolute Gasteiger partial charge is 0.237 e. The fourth-order valence-electron chi connectivity index (χ4n) is 2.30. The minimum Gasteiger partial charge on any atom is -0.399 e. The van der Waals surface area contributed by atoms with Crippen LogP contribution in [0, 0.1) is 0 Å². The van der Waals surface area contributed by atoms with Crippen molar-refractivity contribution in [3.63, 3.8) is 0 Å². The highest BCUT2D eigenvalue weighted by molar-refractivity contribution is 5.81. The number of hydrogen-bond acceptors (Lipinski definition) is 3. The molecule has 1 aromatic rings. The van der Waals surface area contributed by atoms with Crippen molar-refractivity contribution < 1.29 is 4.79 Å². The number of nitrogen functional groups attached to an aromatic ring is 1. The van der Waals surface area contributed by atoms with Crippen LogP contribution < -0.4 is 11.1 Å². The average molecular weight is 275 g/mol. The number of nitrogens with zero attached hydrogens (tertiary/aromatic N) is 1. The van der Waals surface area contributed by atoms with Gasteiger partial charge in [-0.2, -0.15) is 0 Å². The van der Waals surface area contributed by atoms with E-state index in [-0.39, 0.29) is 11.9 Å². The molecule has 2 rings (SSSR count). The minimum absolute atomic E-state index is 0.117. The van der Waals surface area contributed by atoms with Gasteiger partial charge in [0.25, 0.3) is 0 Å². The van der Waals surface area contributed by atoms with E-state index in [4.69, 9.17) is 5.73 Å². The predicted octanol–water partition coefficient (Wildman–Crippen LogP) is 2.15. The van der Waals surface area contributed by atoms with Crippen LogP contribution in [-0.4, -0.2) is 28.9 Å². The number of carbonyl (C=O) groups excluding carboxylic acids is 1. The number of rotatable bonds is 6. The first kappa shape index (κ1) is 14.9. The normalized spacial score (nSPS) is 16.4. The Bertz CT molecular complexity index is 451. The summed E-state index contributed by atoms with van der Waals surface area (Å²) in [5.74, 6) is 0.136. The molecule has 1 aliphatic rings. The van der Waals surface area contributed by atoms with Gasteiger partial charge in [-0.3, -0.25) is 9.69 Å². The summed E-state index contributed by atoms with van der Waals surface area (Å²) in [7, 11) is 0. The zero-order chi connectivity index (χ0) is 14.7. The van der Waals surface area contributed by atoms with Crippen molar-refractivity contribution >= 4 is 11.6 Å². The number of anilines is 1. The second-order valence-electron chi connectivity index (χ2n) is 5.97. The number of amides is 1. The molecule has 0 aliphatic heterocycles. The summed E-state index contributed by atoms with van der Waals surface area (Å²) in [5, 5.41) is 3.08. The summed E-state index contributed by atoms with van der Waals surface area (Å²) < 4.78 is 0. The summed E-state index contributed by atoms with van der Waals surface area (Å²) in [6.45, 7) is 6.99. The van der Waals surface area contributed by atoms with Gasteiger partial charge >= 0.3 is 0 Å². The van der Waals surface area contributed by atoms with Crippen LogP contribution in [0.2, 0.25) is 0 Å². The highest BCUT2D eigenvalue weighted by Crippen LogP contribution is 2.20. The monoisotopic (exact) mass is 275 g/mol. The first-order chi connectivity index (χ1) is 9.47. The molecule has 0 bridgehead atoms. The van der Waals surface area contributed by atoms with E-state index in [1.807, 2.05) is 31.2 Å². The van der Waals surface area contributed by atoms with E-state index in [1.54, 1.807) is 0 Å². The molecule has 1 unspecified atom stereocenters. The van der Waals surface area contributed by atoms with Crippen LogP contribution in [0.15, 0.2) is 24.3 Å². The lowest BCUT2D eigenvalue weighted by Crippen LogP contribution is -2.48. The fourth-order valence-corrected chi connectivity index (χ4v) is 2.30. The largest absolute Gasteiger partial charge is 0.399 e. The Morgan fingerprint density at radius 3 is 2.40 bits per heavy atom. The molecule has 0 heterocycles. The van der Waals surface area contributed by atoms with Crippen molar-refractivity contribution in [2.45, 2.75) is 58.3 Å². The lowest BCUT2D eigenvalue weighted by molar-refractivity contribution is -0.127. The van der Waals surface area contributed by atoms with Gasteiger partial charge in [0.15, 0.2) is 0 Å². The number of benzene rings is 1. The van der Waals surface area contributed by atoms with E-state index in [9.17, 15) is 4.79 Å². The number of carbonyl (C=O) groups is 1. The van der Waals surface area contributed by atoms with E-state index in [0.717, 1.165) is 25.1 Å². The van der Waals surface area contributed by atoms with Crippen LogP contribution in [0.1, 0.15) is 39.2 Å². The van der Waals surface area contributed by atoms with E-state index in [0.29, 0.717) is 12.1 Å². The predicted molar refractivity (Wildman–Crippen MR) is 82.2 cm³/mol. The average Bonchev–Trinajstić information content (AvgIpc) is 3.20. The second kappa shape index (κ2) is 6.27. The molecule has 1 atom stereocenters. The molecule has 0 aromatic heterocycles. The molecule has 4 heteroatoms. The molecule has 0 saturated heterocycles. The summed E-state index contributed by atoms with van der Waals surface area (Å²) in [5.41, 5.74) is 7.66. The zero-order valence-electron chi connectivity index (χ0n) is 12.6. The van der Waals surface area contributed by atoms with Gasteiger partial charge in [-0.1, -0.05) is 12.1 Å². The highest BCUT2D eigenvalue weighted by Gasteiger charge is 2.29. The van der Waals surface area contributed by atoms with Crippen molar-refractivity contribution in [3.8, 4) is 0 Å². The van der Waals surface area contributed by atoms with Crippen molar-refractivity contribution in [1.82, 2.24) is 10.2 Å². The lowest BCUT2D eigenvalue weighted by Gasteiger charge is -2.32. The maximum absolute atomic E-state index is 12.2. The zero-order valence-corrected chi connectivity index (χ0v) is 12.6. The van der Waals surface area contributed by atoms with Crippen molar-refractivity contribution in [2.75, 3.05) is 5.73 Å². The Hall–Kier alpha value is -1.55. The molecular weight excluding hydrogens is 250 g/mol. The summed E-state index contributed by atoms with van der Waals surface area (Å²) >= 11 is 0. The van der Waals surface area contributed by atoms with Crippen LogP contribution in [0.3, 0.4) is 0 Å². The van der Waals surface area contributed by atoms with Crippen LogP contribution in [0.5, 0.6) is 0 Å². The Labute approximate surface area is 121 Å². The number of nitrogens with two attached hydrogens (primary N) is 1. The molecule has 1 aliphatic carbocycles. The van der Waals surface area contributed by atoms with E-state index >= 15 is 0 Å². The topological polar surface area (TPSA) is 58.4 Å². The van der Waals surface area contributed by atoms with Crippen LogP contribution in [0.4, 0.5) is 5.69 Å². The summed E-state index contributed by atoms with van der Waals surface area (Å²) in [6.07, 6.45) is 2.25. The first-order valence-corrected chi connectivity index (χ1v) is 7.38. The van der Waals surface area contributed by atoms with Gasteiger partial charge in [0, 0.05) is 24.3 Å². The van der Waals surface area contributed by atoms with Crippen molar-refractivity contribution in [3.05, 3.63) is 29.8 Å². The van der Waals surface area contributed by atoms with Gasteiger partial charge in [-0.05, 0) is 51.3 Å². The molecule has 0 spiro atoms. The van der Waals surface area contributed by atoms with E-state index in [1.165, 1.54) is 5.56 Å². The van der Waals surface area contributed by atoms with E-state index < -0.39 is 0 Å². The van der Waals surface area contributed by atoms with Crippen molar-refractivity contribution in [2.24, 2.45) is 0 Å². The van der Waals surface area contributed by atoms with Gasteiger partial charge in [-0.25, -0.2) is 0 Å². The van der Waals surface area contributed by atoms with Crippen molar-refractivity contribution in [1.29, 1.82) is 0 Å². The van der Waals surface area contributed by atoms with Crippen LogP contribution in [0.25, 0.3) is 0 Å². The second-order valence-corrected chi connectivity index (χ2v) is 5.97. The highest BCUT2D eigenvalue weighted by atomic mass is 16.2. The molecule has 1 amide bonds. The minimum atomic E-state index is -0.117. The summed E-state index contributed by atoms with van der Waals surface area (Å²) in [4.78, 5) is 14.4. The third-order valence-electron chi connectivity index (χ3n) is 3.81. The van der Waals surface area contributed by atoms with Gasteiger partial charge in [-0.15, -0.1) is 0 Å². The standard InChI is InChI=1S/C16H25N3O/c1-11(2)19(10-13-4-6-14(17)7-5-13)12(3)16(20)18-15-8-9-15/h4-7,11-12,15H,8-10,17H2,1-3H3,(H,18,20). The number of nitrogens with one attached hydrogen (secondary N) is 1. The molecule has 1 aromatic carbocycles. The fraction of sp³-hybridized carbons (Fsp3) is 0.562. The Kier molecular flexibility index (Phi) is 4.65. The molecule has 4 nitrogen and oxygen atoms in total. The summed E-state index contributed by atoms with van der Waals surface area (Å²) in [6, 6.07) is 8.47. The maximum Gasteiger partial charge on any atom is 0.237 e. The first-order valence-electron chi connectivity index (χ1n) is 7.38. The Balaban J connectivity index is 2.01. The van der Waals surface area contributed by atoms with Gasteiger partial charge in [0.2, 0.25) is 5.91 Å². The molecule has 110 valence electrons. The Morgan fingerprint density at radius 1 is 1.30 bits per heavy atom. The molecule has 3 N–H and O–H groups in total. The SMILES string of the molecule is CC(C)N(Cc1ccc(N)cc1)C(C)C(=O)NC1CC1. The lowest BCUT2D eigenvalue weighted by atomic mass is 10.1. The van der Waals surface area contributed by atoms with Crippen LogP contribution >= 0.6 is 0 Å². The third-order valence-corrected chi connectivity index (χ3v) is 3.81. The molecular formula is C16H25N3O. The van der Waals surface area contributed by atoms with Crippen LogP contribution in [-0.2, 0) is 11.3 Å². The number of hydrogen-bond donors (Lipinski definition) is 2. The van der Waals surface area contributed by atoms with E-state index in [2.05, 4.69) is 24.1 Å². The van der Waals surface area contributed by atoms with Gasteiger partial charge in [0.1, 0.15) is 0 Å². The molecule has 0 radical (unpaired) electrons.